The molecule has 1 heterocycles. The number of halogens is 1. The zero-order chi connectivity index (χ0) is 13.0. The van der Waals surface area contributed by atoms with E-state index in [4.69, 9.17) is 4.74 Å². The summed E-state index contributed by atoms with van der Waals surface area (Å²) in [7, 11) is 1.40. The van der Waals surface area contributed by atoms with Crippen molar-refractivity contribution in [2.75, 3.05) is 12.9 Å². The van der Waals surface area contributed by atoms with Crippen molar-refractivity contribution in [3.8, 4) is 5.75 Å². The van der Waals surface area contributed by atoms with Gasteiger partial charge >= 0.3 is 0 Å². The molecule has 0 bridgehead atoms. The van der Waals surface area contributed by atoms with Gasteiger partial charge in [-0.25, -0.2) is 4.39 Å². The number of benzene rings is 1. The maximum Gasteiger partial charge on any atom is 0.173 e. The Hall–Kier alpha value is -1.33. The number of thioether (sulfide) groups is 1. The molecule has 94 valence electrons. The van der Waals surface area contributed by atoms with Crippen LogP contribution in [-0.2, 0) is 0 Å². The Kier molecular flexibility index (Phi) is 4.38. The minimum Gasteiger partial charge on any atom is -0.494 e. The van der Waals surface area contributed by atoms with Gasteiger partial charge in [0, 0.05) is 5.56 Å². The van der Waals surface area contributed by atoms with Crippen molar-refractivity contribution in [2.45, 2.75) is 4.21 Å². The number of ether oxygens (including phenoxy) is 1. The first kappa shape index (κ1) is 13.1. The molecule has 0 radical (unpaired) electrons. The first-order valence-electron chi connectivity index (χ1n) is 5.24. The highest BCUT2D eigenvalue weighted by molar-refractivity contribution is 8.01. The van der Waals surface area contributed by atoms with E-state index < -0.39 is 5.82 Å². The van der Waals surface area contributed by atoms with Crippen molar-refractivity contribution in [2.24, 2.45) is 0 Å². The minimum absolute atomic E-state index is 0.0880. The molecule has 0 unspecified atom stereocenters. The molecule has 0 saturated heterocycles. The third kappa shape index (κ3) is 3.11. The largest absolute Gasteiger partial charge is 0.494 e. The Labute approximate surface area is 113 Å². The van der Waals surface area contributed by atoms with Gasteiger partial charge in [0.1, 0.15) is 0 Å². The number of hydrogen-bond donors (Lipinski definition) is 0. The number of methoxy groups -OCH3 is 1. The fourth-order valence-corrected chi connectivity index (χ4v) is 3.08. The lowest BCUT2D eigenvalue weighted by atomic mass is 10.1. The fourth-order valence-electron chi connectivity index (χ4n) is 1.41. The topological polar surface area (TPSA) is 26.3 Å². The number of rotatable bonds is 5. The monoisotopic (exact) mass is 282 g/mol. The molecular formula is C13H11FO2S2. The fraction of sp³-hybridized carbons (Fsp3) is 0.154. The second-order valence-electron chi connectivity index (χ2n) is 3.49. The molecule has 0 aliphatic rings. The van der Waals surface area contributed by atoms with Crippen LogP contribution < -0.4 is 4.74 Å². The van der Waals surface area contributed by atoms with E-state index >= 15 is 0 Å². The van der Waals surface area contributed by atoms with Gasteiger partial charge in [-0.2, -0.15) is 0 Å². The summed E-state index contributed by atoms with van der Waals surface area (Å²) < 4.78 is 19.3. The van der Waals surface area contributed by atoms with E-state index in [1.807, 2.05) is 17.5 Å². The summed E-state index contributed by atoms with van der Waals surface area (Å²) in [6, 6.07) is 8.16. The summed E-state index contributed by atoms with van der Waals surface area (Å²) in [5, 5.41) is 1.96. The van der Waals surface area contributed by atoms with Crippen LogP contribution in [0.25, 0.3) is 0 Å². The maximum absolute atomic E-state index is 13.4. The normalized spacial score (nSPS) is 10.3. The van der Waals surface area contributed by atoms with Crippen molar-refractivity contribution in [1.82, 2.24) is 0 Å². The lowest BCUT2D eigenvalue weighted by Crippen LogP contribution is -2.03. The van der Waals surface area contributed by atoms with Crippen molar-refractivity contribution >= 4 is 28.9 Å². The second kappa shape index (κ2) is 6.02. The number of carbonyl (C=O) groups excluding carboxylic acids is 1. The Bertz CT molecular complexity index is 538. The van der Waals surface area contributed by atoms with Crippen LogP contribution in [0.2, 0.25) is 0 Å². The number of ketones is 1. The Balaban J connectivity index is 2.02. The summed E-state index contributed by atoms with van der Waals surface area (Å²) >= 11 is 3.05. The predicted octanol–water partition coefficient (Wildman–Crippen LogP) is 3.87. The highest BCUT2D eigenvalue weighted by Crippen LogP contribution is 2.25. The van der Waals surface area contributed by atoms with Gasteiger partial charge in [0.05, 0.1) is 17.1 Å². The molecule has 0 aliphatic carbocycles. The number of hydrogen-bond acceptors (Lipinski definition) is 4. The van der Waals surface area contributed by atoms with Gasteiger partial charge in [0.2, 0.25) is 0 Å². The minimum atomic E-state index is -0.510. The summed E-state index contributed by atoms with van der Waals surface area (Å²) in [5.74, 6) is -0.136. The Morgan fingerprint density at radius 2 is 2.28 bits per heavy atom. The highest BCUT2D eigenvalue weighted by atomic mass is 32.2. The van der Waals surface area contributed by atoms with Crippen LogP contribution in [0, 0.1) is 5.82 Å². The molecule has 2 nitrogen and oxygen atoms in total. The molecule has 2 aromatic rings. The molecule has 0 spiro atoms. The number of thiophene rings is 1. The molecular weight excluding hydrogens is 271 g/mol. The van der Waals surface area contributed by atoms with Gasteiger partial charge in [-0.15, -0.1) is 23.1 Å². The van der Waals surface area contributed by atoms with E-state index in [2.05, 4.69) is 0 Å². The zero-order valence-electron chi connectivity index (χ0n) is 9.68. The molecule has 0 amide bonds. The summed E-state index contributed by atoms with van der Waals surface area (Å²) in [4.78, 5) is 11.9. The lowest BCUT2D eigenvalue weighted by Gasteiger charge is -2.04. The molecule has 0 N–H and O–H groups in total. The van der Waals surface area contributed by atoms with Gasteiger partial charge in [0.15, 0.2) is 17.3 Å². The van der Waals surface area contributed by atoms with Crippen molar-refractivity contribution < 1.29 is 13.9 Å². The Morgan fingerprint density at radius 3 is 2.89 bits per heavy atom. The SMILES string of the molecule is COc1ccc(C(=O)CSc2cccs2)cc1F. The predicted molar refractivity (Wildman–Crippen MR) is 72.3 cm³/mol. The van der Waals surface area contributed by atoms with Gasteiger partial charge in [-0.05, 0) is 29.6 Å². The van der Waals surface area contributed by atoms with Crippen LogP contribution in [0.4, 0.5) is 4.39 Å². The second-order valence-corrected chi connectivity index (χ2v) is 5.72. The maximum atomic E-state index is 13.4. The molecule has 0 saturated carbocycles. The Morgan fingerprint density at radius 1 is 1.44 bits per heavy atom. The molecule has 0 atom stereocenters. The molecule has 18 heavy (non-hydrogen) atoms. The van der Waals surface area contributed by atoms with Crippen molar-refractivity contribution in [1.29, 1.82) is 0 Å². The summed E-state index contributed by atoms with van der Waals surface area (Å²) in [6.45, 7) is 0. The first-order chi connectivity index (χ1) is 8.70. The van der Waals surface area contributed by atoms with E-state index in [9.17, 15) is 9.18 Å². The smallest absolute Gasteiger partial charge is 0.173 e. The first-order valence-corrected chi connectivity index (χ1v) is 7.10. The zero-order valence-corrected chi connectivity index (χ0v) is 11.3. The van der Waals surface area contributed by atoms with E-state index in [0.717, 1.165) is 4.21 Å². The van der Waals surface area contributed by atoms with Gasteiger partial charge in [-0.1, -0.05) is 6.07 Å². The third-order valence-corrected chi connectivity index (χ3v) is 4.45. The van der Waals surface area contributed by atoms with E-state index in [1.54, 1.807) is 17.4 Å². The van der Waals surface area contributed by atoms with Crippen LogP contribution in [0.5, 0.6) is 5.75 Å². The number of carbonyl (C=O) groups is 1. The lowest BCUT2D eigenvalue weighted by molar-refractivity contribution is 0.102. The highest BCUT2D eigenvalue weighted by Gasteiger charge is 2.10. The quantitative estimate of drug-likeness (QED) is 0.615. The molecule has 1 aromatic heterocycles. The van der Waals surface area contributed by atoms with Gasteiger partial charge < -0.3 is 4.74 Å². The molecule has 1 aromatic carbocycles. The van der Waals surface area contributed by atoms with Crippen molar-refractivity contribution in [3.63, 3.8) is 0 Å². The van der Waals surface area contributed by atoms with E-state index in [-0.39, 0.29) is 11.5 Å². The molecule has 0 aliphatic heterocycles. The van der Waals surface area contributed by atoms with Crippen LogP contribution >= 0.6 is 23.1 Å². The summed E-state index contributed by atoms with van der Waals surface area (Å²) in [6.07, 6.45) is 0. The third-order valence-electron chi connectivity index (χ3n) is 2.31. The van der Waals surface area contributed by atoms with Crippen LogP contribution in [0.3, 0.4) is 0 Å². The molecule has 2 rings (SSSR count). The average molecular weight is 282 g/mol. The molecule has 0 fully saturated rings. The van der Waals surface area contributed by atoms with Gasteiger partial charge in [0.25, 0.3) is 0 Å². The van der Waals surface area contributed by atoms with E-state index in [0.29, 0.717) is 11.3 Å². The van der Waals surface area contributed by atoms with Crippen molar-refractivity contribution in [3.05, 3.63) is 47.1 Å². The number of Topliss-reactive ketones (excluding diaryl/α,β-unsaturated/α-hetero) is 1. The van der Waals surface area contributed by atoms with Crippen LogP contribution in [0.1, 0.15) is 10.4 Å². The van der Waals surface area contributed by atoms with Crippen LogP contribution in [-0.4, -0.2) is 18.6 Å². The molecule has 5 heteroatoms. The summed E-state index contributed by atoms with van der Waals surface area (Å²) in [5.41, 5.74) is 0.373. The standard InChI is InChI=1S/C13H11FO2S2/c1-16-12-5-4-9(7-10(12)14)11(15)8-18-13-3-2-6-17-13/h2-7H,8H2,1H3. The average Bonchev–Trinajstić information content (AvgIpc) is 2.89. The van der Waals surface area contributed by atoms with Gasteiger partial charge in [-0.3, -0.25) is 4.79 Å². The van der Waals surface area contributed by atoms with Crippen LogP contribution in [0.15, 0.2) is 39.9 Å². The van der Waals surface area contributed by atoms with E-state index in [1.165, 1.54) is 31.0 Å².